The molecule has 1 unspecified atom stereocenters. The van der Waals surface area contributed by atoms with Crippen LogP contribution in [0.2, 0.25) is 0 Å². The van der Waals surface area contributed by atoms with Crippen LogP contribution in [-0.4, -0.2) is 10.5 Å². The Kier molecular flexibility index (Phi) is 2.32. The molecule has 2 heterocycles. The minimum Gasteiger partial charge on any atom is -0.324 e. The molecule has 1 atom stereocenters. The van der Waals surface area contributed by atoms with Gasteiger partial charge >= 0.3 is 0 Å². The minimum atomic E-state index is -1.06. The minimum absolute atomic E-state index is 0.277. The highest BCUT2D eigenvalue weighted by atomic mass is 19.1. The van der Waals surface area contributed by atoms with Crippen molar-refractivity contribution in [2.24, 2.45) is 0 Å². The Morgan fingerprint density at radius 1 is 1.16 bits per heavy atom. The van der Waals surface area contributed by atoms with E-state index < -0.39 is 11.5 Å². The highest BCUT2D eigenvalue weighted by molar-refractivity contribution is 5.95. The first-order valence-electron chi connectivity index (χ1n) is 5.83. The Morgan fingerprint density at radius 2 is 1.89 bits per heavy atom. The molecule has 1 aliphatic rings. The summed E-state index contributed by atoms with van der Waals surface area (Å²) < 4.78 is 14.7. The molecular formula is C14H11FN2O2. The Hall–Kier alpha value is -2.43. The van der Waals surface area contributed by atoms with Gasteiger partial charge in [-0.3, -0.25) is 14.2 Å². The van der Waals surface area contributed by atoms with Gasteiger partial charge in [-0.05, 0) is 25.1 Å². The maximum absolute atomic E-state index is 13.4. The second kappa shape index (κ2) is 3.78. The van der Waals surface area contributed by atoms with E-state index in [1.807, 2.05) is 0 Å². The molecule has 0 saturated carbocycles. The van der Waals surface area contributed by atoms with Crippen molar-refractivity contribution in [3.05, 3.63) is 69.9 Å². The van der Waals surface area contributed by atoms with Crippen molar-refractivity contribution in [1.82, 2.24) is 9.88 Å². The van der Waals surface area contributed by atoms with Crippen LogP contribution >= 0.6 is 0 Å². The van der Waals surface area contributed by atoms with E-state index in [4.69, 9.17) is 0 Å². The summed E-state index contributed by atoms with van der Waals surface area (Å²) in [7, 11) is 0. The van der Waals surface area contributed by atoms with Crippen molar-refractivity contribution in [2.45, 2.75) is 12.6 Å². The fourth-order valence-electron chi connectivity index (χ4n) is 2.46. The molecule has 4 nitrogen and oxygen atoms in total. The van der Waals surface area contributed by atoms with Gasteiger partial charge in [0.1, 0.15) is 17.2 Å². The van der Waals surface area contributed by atoms with Crippen LogP contribution in [0.15, 0.2) is 47.3 Å². The Bertz CT molecular complexity index is 738. The van der Waals surface area contributed by atoms with E-state index in [0.717, 1.165) is 0 Å². The molecular weight excluding hydrogens is 247 g/mol. The quantitative estimate of drug-likeness (QED) is 0.841. The zero-order chi connectivity index (χ0) is 13.6. The molecule has 1 aliphatic heterocycles. The van der Waals surface area contributed by atoms with E-state index in [-0.39, 0.29) is 17.2 Å². The molecule has 0 aliphatic carbocycles. The first-order valence-corrected chi connectivity index (χ1v) is 5.83. The van der Waals surface area contributed by atoms with Crippen molar-refractivity contribution in [3.63, 3.8) is 0 Å². The highest BCUT2D eigenvalue weighted by Crippen LogP contribution is 2.28. The van der Waals surface area contributed by atoms with Crippen molar-refractivity contribution in [2.75, 3.05) is 0 Å². The van der Waals surface area contributed by atoms with Gasteiger partial charge in [-0.2, -0.15) is 0 Å². The number of rotatable bonds is 1. The number of halogens is 1. The van der Waals surface area contributed by atoms with Gasteiger partial charge in [0.25, 0.3) is 11.5 Å². The molecule has 0 fully saturated rings. The molecule has 2 aromatic rings. The lowest BCUT2D eigenvalue weighted by atomic mass is 10.0. The standard InChI is InChI=1S/C14H11FN2O2/c1-14(9-4-2-5-10(15)8-9)16-13(19)11-6-3-7-12(18)17(11)14/h2-8H,1H3,(H,16,19). The smallest absolute Gasteiger partial charge is 0.270 e. The third-order valence-electron chi connectivity index (χ3n) is 3.38. The number of nitrogens with one attached hydrogen (secondary N) is 1. The molecule has 1 aromatic heterocycles. The zero-order valence-electron chi connectivity index (χ0n) is 10.2. The lowest BCUT2D eigenvalue weighted by Crippen LogP contribution is -2.45. The van der Waals surface area contributed by atoms with E-state index >= 15 is 0 Å². The second-order valence-electron chi connectivity index (χ2n) is 4.62. The third-order valence-corrected chi connectivity index (χ3v) is 3.38. The van der Waals surface area contributed by atoms with Gasteiger partial charge in [0.05, 0.1) is 0 Å². The highest BCUT2D eigenvalue weighted by Gasteiger charge is 2.40. The van der Waals surface area contributed by atoms with Crippen molar-refractivity contribution >= 4 is 5.91 Å². The number of hydrogen-bond acceptors (Lipinski definition) is 2. The molecule has 19 heavy (non-hydrogen) atoms. The van der Waals surface area contributed by atoms with Crippen LogP contribution in [0.3, 0.4) is 0 Å². The van der Waals surface area contributed by atoms with Crippen LogP contribution < -0.4 is 10.9 Å². The van der Waals surface area contributed by atoms with Crippen molar-refractivity contribution in [3.8, 4) is 0 Å². The summed E-state index contributed by atoms with van der Waals surface area (Å²) >= 11 is 0. The average molecular weight is 258 g/mol. The summed E-state index contributed by atoms with van der Waals surface area (Å²) in [5, 5.41) is 2.74. The summed E-state index contributed by atoms with van der Waals surface area (Å²) in [5.74, 6) is -0.755. The lowest BCUT2D eigenvalue weighted by Gasteiger charge is -2.27. The number of fused-ring (bicyclic) bond motifs is 1. The summed E-state index contributed by atoms with van der Waals surface area (Å²) in [5.41, 5.74) is -0.567. The lowest BCUT2D eigenvalue weighted by molar-refractivity contribution is 0.0941. The van der Waals surface area contributed by atoms with Crippen LogP contribution in [-0.2, 0) is 5.66 Å². The van der Waals surface area contributed by atoms with Crippen molar-refractivity contribution in [1.29, 1.82) is 0 Å². The van der Waals surface area contributed by atoms with Gasteiger partial charge in [0, 0.05) is 11.6 Å². The van der Waals surface area contributed by atoms with Crippen LogP contribution in [0.4, 0.5) is 4.39 Å². The Morgan fingerprint density at radius 3 is 2.63 bits per heavy atom. The average Bonchev–Trinajstić information content (AvgIpc) is 2.64. The molecule has 1 aromatic carbocycles. The Labute approximate surface area is 108 Å². The fraction of sp³-hybridized carbons (Fsp3) is 0.143. The number of amides is 1. The molecule has 0 bridgehead atoms. The normalized spacial score (nSPS) is 21.1. The maximum Gasteiger partial charge on any atom is 0.270 e. The summed E-state index contributed by atoms with van der Waals surface area (Å²) in [6, 6.07) is 10.3. The maximum atomic E-state index is 13.4. The molecule has 0 radical (unpaired) electrons. The van der Waals surface area contributed by atoms with E-state index in [9.17, 15) is 14.0 Å². The van der Waals surface area contributed by atoms with Gasteiger partial charge in [0.15, 0.2) is 0 Å². The van der Waals surface area contributed by atoms with Gasteiger partial charge in [0.2, 0.25) is 0 Å². The van der Waals surface area contributed by atoms with Gasteiger partial charge in [-0.25, -0.2) is 4.39 Å². The van der Waals surface area contributed by atoms with Crippen LogP contribution in [0.1, 0.15) is 23.0 Å². The number of benzene rings is 1. The number of nitrogens with zero attached hydrogens (tertiary/aromatic N) is 1. The first-order chi connectivity index (χ1) is 9.02. The van der Waals surface area contributed by atoms with Crippen molar-refractivity contribution < 1.29 is 9.18 Å². The predicted molar refractivity (Wildman–Crippen MR) is 67.3 cm³/mol. The Balaban J connectivity index is 2.29. The molecule has 0 saturated heterocycles. The molecule has 5 heteroatoms. The molecule has 0 spiro atoms. The summed E-state index contributed by atoms with van der Waals surface area (Å²) in [6.45, 7) is 1.68. The van der Waals surface area contributed by atoms with Gasteiger partial charge in [-0.1, -0.05) is 18.2 Å². The SMILES string of the molecule is CC1(c2cccc(F)c2)NC(=O)c2cccc(=O)n21. The molecule has 96 valence electrons. The molecule has 1 amide bonds. The van der Waals surface area contributed by atoms with Gasteiger partial charge in [-0.15, -0.1) is 0 Å². The second-order valence-corrected chi connectivity index (χ2v) is 4.62. The topological polar surface area (TPSA) is 51.1 Å². The van der Waals surface area contributed by atoms with Gasteiger partial charge < -0.3 is 5.32 Å². The third kappa shape index (κ3) is 1.58. The summed E-state index contributed by atoms with van der Waals surface area (Å²) in [4.78, 5) is 23.9. The first kappa shape index (κ1) is 11.6. The van der Waals surface area contributed by atoms with E-state index in [1.54, 1.807) is 25.1 Å². The number of pyridine rings is 1. The monoisotopic (exact) mass is 258 g/mol. The largest absolute Gasteiger partial charge is 0.324 e. The van der Waals surface area contributed by atoms with E-state index in [0.29, 0.717) is 5.56 Å². The molecule has 1 N–H and O–H groups in total. The number of aromatic nitrogens is 1. The fourth-order valence-corrected chi connectivity index (χ4v) is 2.46. The molecule has 3 rings (SSSR count). The zero-order valence-corrected chi connectivity index (χ0v) is 10.2. The van der Waals surface area contributed by atoms with E-state index in [1.165, 1.54) is 28.8 Å². The number of carbonyl (C=O) groups excluding carboxylic acids is 1. The van der Waals surface area contributed by atoms with Crippen LogP contribution in [0.25, 0.3) is 0 Å². The van der Waals surface area contributed by atoms with Crippen LogP contribution in [0.5, 0.6) is 0 Å². The van der Waals surface area contributed by atoms with Crippen LogP contribution in [0, 0.1) is 5.82 Å². The van der Waals surface area contributed by atoms with E-state index in [2.05, 4.69) is 5.32 Å². The summed E-state index contributed by atoms with van der Waals surface area (Å²) in [6.07, 6.45) is 0. The number of hydrogen-bond donors (Lipinski definition) is 1. The predicted octanol–water partition coefficient (Wildman–Crippen LogP) is 1.45. The number of carbonyl (C=O) groups is 1.